The number of Topliss-reactive ketones (excluding diaryl/α,β-unsaturated/α-hetero) is 2. The lowest BCUT2D eigenvalue weighted by Gasteiger charge is -2.23. The third-order valence-electron chi connectivity index (χ3n) is 6.56. The Hall–Kier alpha value is -4.76. The number of thiazole rings is 1. The number of anilines is 1. The summed E-state index contributed by atoms with van der Waals surface area (Å²) in [6.45, 7) is 3.48. The summed E-state index contributed by atoms with van der Waals surface area (Å²) in [6, 6.07) is 22.3. The molecule has 40 heavy (non-hydrogen) atoms. The number of hydrogen-bond donors (Lipinski definition) is 1. The molecule has 1 aliphatic rings. The van der Waals surface area contributed by atoms with Crippen LogP contribution in [0.4, 0.5) is 5.13 Å². The molecule has 1 saturated heterocycles. The number of nitrogens with zero attached hydrogens (tertiary/aromatic N) is 2. The molecule has 1 fully saturated rings. The summed E-state index contributed by atoms with van der Waals surface area (Å²) in [5.74, 6) is -1.02. The average Bonchev–Trinajstić information content (AvgIpc) is 3.49. The Balaban J connectivity index is 1.57. The fraction of sp³-hybridized carbons (Fsp3) is 0.161. The van der Waals surface area contributed by atoms with Crippen molar-refractivity contribution < 1.29 is 29.0 Å². The number of aromatic nitrogens is 1. The topological polar surface area (TPSA) is 106 Å². The molecule has 0 saturated carbocycles. The van der Waals surface area contributed by atoms with Crippen LogP contribution >= 0.6 is 11.3 Å². The van der Waals surface area contributed by atoms with Crippen molar-refractivity contribution in [3.63, 3.8) is 0 Å². The molecule has 202 valence electrons. The van der Waals surface area contributed by atoms with Crippen LogP contribution in [0.5, 0.6) is 11.5 Å². The Kier molecular flexibility index (Phi) is 7.48. The zero-order valence-corrected chi connectivity index (χ0v) is 22.9. The second-order valence-electron chi connectivity index (χ2n) is 9.21. The standard InChI is InChI=1S/C31H26N2O6S/c1-18-29(19(2)34)40-31(32-18)33-26(21-9-15-24(16-10-21)39-17-20-7-5-4-6-8-20)25(28(36)30(33)37)27(35)22-11-13-23(38-3)14-12-22/h4-16,26,35H,17H2,1-3H3/b27-25+. The van der Waals surface area contributed by atoms with Crippen LogP contribution in [0, 0.1) is 6.92 Å². The van der Waals surface area contributed by atoms with Crippen molar-refractivity contribution in [2.75, 3.05) is 12.0 Å². The molecule has 1 atom stereocenters. The molecular weight excluding hydrogens is 528 g/mol. The second kappa shape index (κ2) is 11.2. The summed E-state index contributed by atoms with van der Waals surface area (Å²) in [4.78, 5) is 45.1. The number of carbonyl (C=O) groups is 3. The van der Waals surface area contributed by atoms with Gasteiger partial charge < -0.3 is 14.6 Å². The van der Waals surface area contributed by atoms with Crippen molar-refractivity contribution in [2.24, 2.45) is 0 Å². The van der Waals surface area contributed by atoms with Gasteiger partial charge in [0, 0.05) is 12.5 Å². The molecule has 0 aliphatic carbocycles. The molecular formula is C31H26N2O6S. The molecule has 1 N–H and O–H groups in total. The highest BCUT2D eigenvalue weighted by Gasteiger charge is 2.48. The smallest absolute Gasteiger partial charge is 0.301 e. The first-order valence-corrected chi connectivity index (χ1v) is 13.3. The summed E-state index contributed by atoms with van der Waals surface area (Å²) >= 11 is 1.04. The van der Waals surface area contributed by atoms with Crippen molar-refractivity contribution in [1.29, 1.82) is 0 Å². The average molecular weight is 555 g/mol. The van der Waals surface area contributed by atoms with Crippen LogP contribution in [0.15, 0.2) is 84.4 Å². The van der Waals surface area contributed by atoms with E-state index in [1.165, 1.54) is 18.9 Å². The molecule has 5 rings (SSSR count). The fourth-order valence-corrected chi connectivity index (χ4v) is 5.54. The first-order chi connectivity index (χ1) is 19.3. The minimum Gasteiger partial charge on any atom is -0.507 e. The van der Waals surface area contributed by atoms with Crippen molar-refractivity contribution in [1.82, 2.24) is 4.98 Å². The normalized spacial score (nSPS) is 16.3. The van der Waals surface area contributed by atoms with E-state index in [1.807, 2.05) is 30.3 Å². The van der Waals surface area contributed by atoms with Crippen LogP contribution < -0.4 is 14.4 Å². The molecule has 2 heterocycles. The maximum absolute atomic E-state index is 13.4. The van der Waals surface area contributed by atoms with Crippen LogP contribution in [0.25, 0.3) is 5.76 Å². The summed E-state index contributed by atoms with van der Waals surface area (Å²) in [5.41, 5.74) is 2.32. The number of ether oxygens (including phenoxy) is 2. The number of aliphatic hydroxyl groups is 1. The van der Waals surface area contributed by atoms with E-state index in [9.17, 15) is 19.5 Å². The Morgan fingerprint density at radius 3 is 2.23 bits per heavy atom. The predicted molar refractivity (Wildman–Crippen MR) is 152 cm³/mol. The predicted octanol–water partition coefficient (Wildman–Crippen LogP) is 5.87. The van der Waals surface area contributed by atoms with Gasteiger partial charge in [0.1, 0.15) is 23.9 Å². The van der Waals surface area contributed by atoms with Gasteiger partial charge in [0.25, 0.3) is 5.78 Å². The van der Waals surface area contributed by atoms with E-state index in [0.717, 1.165) is 16.9 Å². The molecule has 1 unspecified atom stereocenters. The van der Waals surface area contributed by atoms with E-state index in [1.54, 1.807) is 55.5 Å². The van der Waals surface area contributed by atoms with Crippen molar-refractivity contribution in [2.45, 2.75) is 26.5 Å². The van der Waals surface area contributed by atoms with Gasteiger partial charge in [-0.3, -0.25) is 19.3 Å². The molecule has 0 spiro atoms. The highest BCUT2D eigenvalue weighted by molar-refractivity contribution is 7.18. The lowest BCUT2D eigenvalue weighted by Crippen LogP contribution is -2.29. The van der Waals surface area contributed by atoms with Crippen LogP contribution in [0.2, 0.25) is 0 Å². The highest BCUT2D eigenvalue weighted by Crippen LogP contribution is 2.44. The third-order valence-corrected chi connectivity index (χ3v) is 7.82. The summed E-state index contributed by atoms with van der Waals surface area (Å²) in [6.07, 6.45) is 0. The first-order valence-electron chi connectivity index (χ1n) is 12.5. The molecule has 4 aromatic rings. The summed E-state index contributed by atoms with van der Waals surface area (Å²) < 4.78 is 11.1. The van der Waals surface area contributed by atoms with Gasteiger partial charge in [-0.1, -0.05) is 53.8 Å². The number of ketones is 2. The van der Waals surface area contributed by atoms with Gasteiger partial charge in [0.2, 0.25) is 0 Å². The van der Waals surface area contributed by atoms with Gasteiger partial charge in [-0.05, 0) is 54.4 Å². The minimum atomic E-state index is -0.976. The number of benzene rings is 3. The van der Waals surface area contributed by atoms with E-state index >= 15 is 0 Å². The van der Waals surface area contributed by atoms with Gasteiger partial charge in [-0.25, -0.2) is 4.98 Å². The number of aryl methyl sites for hydroxylation is 1. The molecule has 0 radical (unpaired) electrons. The van der Waals surface area contributed by atoms with E-state index in [4.69, 9.17) is 9.47 Å². The van der Waals surface area contributed by atoms with Gasteiger partial charge in [0.15, 0.2) is 10.9 Å². The van der Waals surface area contributed by atoms with E-state index in [0.29, 0.717) is 39.8 Å². The Morgan fingerprint density at radius 2 is 1.62 bits per heavy atom. The lowest BCUT2D eigenvalue weighted by molar-refractivity contribution is -0.132. The molecule has 1 aromatic heterocycles. The van der Waals surface area contributed by atoms with Gasteiger partial charge >= 0.3 is 5.91 Å². The monoisotopic (exact) mass is 554 g/mol. The van der Waals surface area contributed by atoms with Crippen molar-refractivity contribution in [3.05, 3.63) is 112 Å². The third kappa shape index (κ3) is 5.11. The fourth-order valence-electron chi connectivity index (χ4n) is 4.55. The van der Waals surface area contributed by atoms with Crippen LogP contribution in [0.1, 0.15) is 45.0 Å². The summed E-state index contributed by atoms with van der Waals surface area (Å²) in [5, 5.41) is 11.5. The Labute approximate surface area is 235 Å². The first kappa shape index (κ1) is 26.8. The van der Waals surface area contributed by atoms with Crippen LogP contribution in [-0.4, -0.2) is 34.7 Å². The zero-order chi connectivity index (χ0) is 28.4. The lowest BCUT2D eigenvalue weighted by atomic mass is 9.95. The number of carbonyl (C=O) groups excluding carboxylic acids is 3. The Bertz CT molecular complexity index is 1610. The van der Waals surface area contributed by atoms with E-state index < -0.39 is 17.7 Å². The maximum Gasteiger partial charge on any atom is 0.301 e. The Morgan fingerprint density at radius 1 is 0.975 bits per heavy atom. The molecule has 1 aliphatic heterocycles. The van der Waals surface area contributed by atoms with Gasteiger partial charge in [-0.2, -0.15) is 0 Å². The number of amides is 1. The summed E-state index contributed by atoms with van der Waals surface area (Å²) in [7, 11) is 1.53. The van der Waals surface area contributed by atoms with E-state index in [2.05, 4.69) is 4.98 Å². The molecule has 3 aromatic carbocycles. The van der Waals surface area contributed by atoms with Crippen LogP contribution in [0.3, 0.4) is 0 Å². The number of hydrogen-bond acceptors (Lipinski definition) is 8. The maximum atomic E-state index is 13.4. The van der Waals surface area contributed by atoms with Crippen molar-refractivity contribution >= 4 is 39.7 Å². The number of aliphatic hydroxyl groups excluding tert-OH is 1. The van der Waals surface area contributed by atoms with E-state index in [-0.39, 0.29) is 22.2 Å². The highest BCUT2D eigenvalue weighted by atomic mass is 32.1. The SMILES string of the molecule is COc1ccc(/C(O)=C2\C(=O)C(=O)N(c3nc(C)c(C(C)=O)s3)C2c2ccc(OCc3ccccc3)cc2)cc1. The quantitative estimate of drug-likeness (QED) is 0.126. The molecule has 9 heteroatoms. The van der Waals surface area contributed by atoms with Gasteiger partial charge in [-0.15, -0.1) is 0 Å². The van der Waals surface area contributed by atoms with Crippen molar-refractivity contribution in [3.8, 4) is 11.5 Å². The number of rotatable bonds is 8. The second-order valence-corrected chi connectivity index (χ2v) is 10.2. The van der Waals surface area contributed by atoms with Crippen LogP contribution in [-0.2, 0) is 16.2 Å². The molecule has 0 bridgehead atoms. The minimum absolute atomic E-state index is 0.0784. The number of methoxy groups -OCH3 is 1. The zero-order valence-electron chi connectivity index (χ0n) is 22.1. The van der Waals surface area contributed by atoms with Gasteiger partial charge in [0.05, 0.1) is 29.3 Å². The molecule has 1 amide bonds. The molecule has 8 nitrogen and oxygen atoms in total. The largest absolute Gasteiger partial charge is 0.507 e.